The van der Waals surface area contributed by atoms with Crippen molar-refractivity contribution in [2.75, 3.05) is 37.3 Å². The second-order valence-corrected chi connectivity index (χ2v) is 9.01. The standard InChI is InChI=1S/C18H19N3O2S2/c1-25(22,23)21-11-9-20(10-12-21)18-19-17(13-24-18)16-8-4-6-14-5-2-3-7-15(14)16/h2-8,13H,9-12H2,1H3. The predicted molar refractivity (Wildman–Crippen MR) is 104 cm³/mol. The van der Waals surface area contributed by atoms with Gasteiger partial charge < -0.3 is 4.90 Å². The summed E-state index contributed by atoms with van der Waals surface area (Å²) in [5, 5.41) is 5.44. The molecule has 0 bridgehead atoms. The second-order valence-electron chi connectivity index (χ2n) is 6.19. The molecule has 1 aliphatic heterocycles. The minimum atomic E-state index is -3.10. The Bertz CT molecular complexity index is 1000. The lowest BCUT2D eigenvalue weighted by Gasteiger charge is -2.32. The van der Waals surface area contributed by atoms with Crippen molar-refractivity contribution < 1.29 is 8.42 Å². The lowest BCUT2D eigenvalue weighted by molar-refractivity contribution is 0.388. The first-order valence-corrected chi connectivity index (χ1v) is 10.9. The van der Waals surface area contributed by atoms with Gasteiger partial charge in [0.25, 0.3) is 0 Å². The number of nitrogens with zero attached hydrogens (tertiary/aromatic N) is 3. The molecule has 2 aromatic carbocycles. The Morgan fingerprint density at radius 1 is 1.00 bits per heavy atom. The molecule has 2 heterocycles. The number of thiazole rings is 1. The fraction of sp³-hybridized carbons (Fsp3) is 0.278. The van der Waals surface area contributed by atoms with E-state index >= 15 is 0 Å². The number of aromatic nitrogens is 1. The average Bonchev–Trinajstić information content (AvgIpc) is 3.10. The van der Waals surface area contributed by atoms with Gasteiger partial charge in [-0.25, -0.2) is 13.4 Å². The Balaban J connectivity index is 1.59. The van der Waals surface area contributed by atoms with Gasteiger partial charge in [-0.05, 0) is 10.8 Å². The Labute approximate surface area is 151 Å². The number of anilines is 1. The molecule has 1 aromatic heterocycles. The van der Waals surface area contributed by atoms with Crippen molar-refractivity contribution in [2.24, 2.45) is 0 Å². The molecule has 0 aliphatic carbocycles. The molecule has 130 valence electrons. The summed E-state index contributed by atoms with van der Waals surface area (Å²) < 4.78 is 24.8. The molecule has 7 heteroatoms. The van der Waals surface area contributed by atoms with Gasteiger partial charge in [-0.1, -0.05) is 42.5 Å². The number of rotatable bonds is 3. The van der Waals surface area contributed by atoms with E-state index in [-0.39, 0.29) is 0 Å². The maximum atomic E-state index is 11.6. The number of hydrogen-bond acceptors (Lipinski definition) is 5. The molecule has 0 amide bonds. The molecular formula is C18H19N3O2S2. The van der Waals surface area contributed by atoms with Gasteiger partial charge >= 0.3 is 0 Å². The molecule has 0 unspecified atom stereocenters. The van der Waals surface area contributed by atoms with Crippen molar-refractivity contribution in [1.82, 2.24) is 9.29 Å². The van der Waals surface area contributed by atoms with E-state index in [4.69, 9.17) is 4.98 Å². The van der Waals surface area contributed by atoms with E-state index < -0.39 is 10.0 Å². The molecule has 1 aliphatic rings. The van der Waals surface area contributed by atoms with Gasteiger partial charge in [-0.2, -0.15) is 4.31 Å². The van der Waals surface area contributed by atoms with E-state index in [0.717, 1.165) is 16.4 Å². The monoisotopic (exact) mass is 373 g/mol. The topological polar surface area (TPSA) is 53.5 Å². The van der Waals surface area contributed by atoms with Crippen LogP contribution in [0.4, 0.5) is 5.13 Å². The van der Waals surface area contributed by atoms with E-state index in [1.807, 2.05) is 12.1 Å². The van der Waals surface area contributed by atoms with E-state index in [9.17, 15) is 8.42 Å². The van der Waals surface area contributed by atoms with Gasteiger partial charge in [0, 0.05) is 37.1 Å². The third-order valence-electron chi connectivity index (χ3n) is 4.54. The summed E-state index contributed by atoms with van der Waals surface area (Å²) >= 11 is 1.62. The molecule has 0 spiro atoms. The zero-order valence-electron chi connectivity index (χ0n) is 13.9. The van der Waals surface area contributed by atoms with Crippen molar-refractivity contribution in [3.63, 3.8) is 0 Å². The van der Waals surface area contributed by atoms with Crippen molar-refractivity contribution >= 4 is 37.3 Å². The van der Waals surface area contributed by atoms with Crippen LogP contribution in [0.5, 0.6) is 0 Å². The highest BCUT2D eigenvalue weighted by Gasteiger charge is 2.25. The van der Waals surface area contributed by atoms with Gasteiger partial charge in [-0.15, -0.1) is 11.3 Å². The molecule has 1 saturated heterocycles. The highest BCUT2D eigenvalue weighted by molar-refractivity contribution is 7.88. The quantitative estimate of drug-likeness (QED) is 0.708. The third kappa shape index (κ3) is 3.27. The van der Waals surface area contributed by atoms with Crippen LogP contribution in [0.3, 0.4) is 0 Å². The lowest BCUT2D eigenvalue weighted by atomic mass is 10.0. The SMILES string of the molecule is CS(=O)(=O)N1CCN(c2nc(-c3cccc4ccccc34)cs2)CC1. The molecule has 3 aromatic rings. The molecule has 1 fully saturated rings. The summed E-state index contributed by atoms with van der Waals surface area (Å²) in [6, 6.07) is 14.6. The van der Waals surface area contributed by atoms with E-state index in [0.29, 0.717) is 26.2 Å². The number of hydrogen-bond donors (Lipinski definition) is 0. The first-order valence-electron chi connectivity index (χ1n) is 8.16. The Hall–Kier alpha value is -1.96. The van der Waals surface area contributed by atoms with Crippen LogP contribution in [-0.2, 0) is 10.0 Å². The molecule has 0 atom stereocenters. The van der Waals surface area contributed by atoms with Crippen molar-refractivity contribution in [3.05, 3.63) is 47.8 Å². The molecular weight excluding hydrogens is 354 g/mol. The summed E-state index contributed by atoms with van der Waals surface area (Å²) in [5.74, 6) is 0. The average molecular weight is 374 g/mol. The summed E-state index contributed by atoms with van der Waals surface area (Å²) in [6.45, 7) is 2.38. The van der Waals surface area contributed by atoms with Gasteiger partial charge in [0.15, 0.2) is 5.13 Å². The molecule has 0 N–H and O–H groups in total. The van der Waals surface area contributed by atoms with E-state index in [1.165, 1.54) is 21.3 Å². The highest BCUT2D eigenvalue weighted by atomic mass is 32.2. The fourth-order valence-electron chi connectivity index (χ4n) is 3.19. The minimum absolute atomic E-state index is 0.516. The van der Waals surface area contributed by atoms with Crippen LogP contribution in [0, 0.1) is 0 Å². The van der Waals surface area contributed by atoms with E-state index in [1.54, 1.807) is 11.3 Å². The first kappa shape index (κ1) is 16.5. The van der Waals surface area contributed by atoms with Crippen LogP contribution < -0.4 is 4.90 Å². The van der Waals surface area contributed by atoms with Crippen molar-refractivity contribution in [1.29, 1.82) is 0 Å². The van der Waals surface area contributed by atoms with E-state index in [2.05, 4.69) is 40.6 Å². The molecule has 25 heavy (non-hydrogen) atoms. The van der Waals surface area contributed by atoms with Crippen LogP contribution in [-0.4, -0.2) is 50.1 Å². The first-order chi connectivity index (χ1) is 12.0. The number of fused-ring (bicyclic) bond motifs is 1. The number of sulfonamides is 1. The zero-order valence-corrected chi connectivity index (χ0v) is 15.6. The van der Waals surface area contributed by atoms with Crippen molar-refractivity contribution in [3.8, 4) is 11.3 Å². The molecule has 4 rings (SSSR count). The van der Waals surface area contributed by atoms with Gasteiger partial charge in [-0.3, -0.25) is 0 Å². The normalized spacial score (nSPS) is 16.4. The lowest BCUT2D eigenvalue weighted by Crippen LogP contribution is -2.48. The Morgan fingerprint density at radius 3 is 2.48 bits per heavy atom. The number of benzene rings is 2. The molecule has 0 radical (unpaired) electrons. The minimum Gasteiger partial charge on any atom is -0.345 e. The van der Waals surface area contributed by atoms with Crippen molar-refractivity contribution in [2.45, 2.75) is 0 Å². The predicted octanol–water partition coefficient (Wildman–Crippen LogP) is 3.04. The summed E-state index contributed by atoms with van der Waals surface area (Å²) in [6.07, 6.45) is 1.27. The van der Waals surface area contributed by atoms with Gasteiger partial charge in [0.1, 0.15) is 0 Å². The van der Waals surface area contributed by atoms with Gasteiger partial charge in [0.2, 0.25) is 10.0 Å². The largest absolute Gasteiger partial charge is 0.345 e. The highest BCUT2D eigenvalue weighted by Crippen LogP contribution is 2.32. The second kappa shape index (κ2) is 6.40. The van der Waals surface area contributed by atoms with Crippen LogP contribution in [0.1, 0.15) is 0 Å². The smallest absolute Gasteiger partial charge is 0.211 e. The Morgan fingerprint density at radius 2 is 1.72 bits per heavy atom. The summed E-state index contributed by atoms with van der Waals surface area (Å²) in [7, 11) is -3.10. The maximum absolute atomic E-state index is 11.6. The fourth-order valence-corrected chi connectivity index (χ4v) is 4.90. The number of piperazine rings is 1. The third-order valence-corrected chi connectivity index (χ3v) is 6.74. The van der Waals surface area contributed by atoms with Gasteiger partial charge in [0.05, 0.1) is 11.9 Å². The molecule has 5 nitrogen and oxygen atoms in total. The zero-order chi connectivity index (χ0) is 17.4. The summed E-state index contributed by atoms with van der Waals surface area (Å²) in [5.41, 5.74) is 2.11. The van der Waals surface area contributed by atoms with Crippen LogP contribution in [0.2, 0.25) is 0 Å². The molecule has 0 saturated carbocycles. The van der Waals surface area contributed by atoms with Crippen LogP contribution in [0.15, 0.2) is 47.8 Å². The van der Waals surface area contributed by atoms with Crippen LogP contribution in [0.25, 0.3) is 22.0 Å². The Kier molecular flexibility index (Phi) is 4.23. The maximum Gasteiger partial charge on any atom is 0.211 e. The summed E-state index contributed by atoms with van der Waals surface area (Å²) in [4.78, 5) is 6.99. The van der Waals surface area contributed by atoms with Crippen LogP contribution >= 0.6 is 11.3 Å².